The first-order valence-corrected chi connectivity index (χ1v) is 5.29. The molecule has 19 heavy (non-hydrogen) atoms. The summed E-state index contributed by atoms with van der Waals surface area (Å²) in [4.78, 5) is 13.9. The van der Waals surface area contributed by atoms with Gasteiger partial charge in [-0.1, -0.05) is 12.1 Å². The van der Waals surface area contributed by atoms with Crippen molar-refractivity contribution in [2.24, 2.45) is 0 Å². The zero-order valence-electron chi connectivity index (χ0n) is 9.53. The Morgan fingerprint density at radius 2 is 2.00 bits per heavy atom. The molecule has 1 heterocycles. The van der Waals surface area contributed by atoms with Crippen molar-refractivity contribution in [3.8, 4) is 11.1 Å². The van der Waals surface area contributed by atoms with Gasteiger partial charge in [0.25, 0.3) is 0 Å². The van der Waals surface area contributed by atoms with Crippen molar-refractivity contribution in [3.63, 3.8) is 0 Å². The summed E-state index contributed by atoms with van der Waals surface area (Å²) in [6.07, 6.45) is 0.447. The van der Waals surface area contributed by atoms with Gasteiger partial charge >= 0.3 is 5.97 Å². The van der Waals surface area contributed by atoms with E-state index in [0.29, 0.717) is 0 Å². The quantitative estimate of drug-likeness (QED) is 0.870. The maximum absolute atomic E-state index is 13.6. The molecule has 0 amide bonds. The molecular formula is C13H8F3NO2. The lowest BCUT2D eigenvalue weighted by atomic mass is 10.0. The number of aromatic nitrogens is 1. The summed E-state index contributed by atoms with van der Waals surface area (Å²) in [5.74, 6) is -4.31. The molecule has 2 rings (SSSR count). The van der Waals surface area contributed by atoms with Gasteiger partial charge < -0.3 is 5.11 Å². The molecule has 98 valence electrons. The third-order valence-electron chi connectivity index (χ3n) is 2.52. The number of nitrogens with zero attached hydrogens (tertiary/aromatic N) is 1. The fraction of sp³-hybridized carbons (Fsp3) is 0.0769. The highest BCUT2D eigenvalue weighted by Gasteiger charge is 2.14. The molecule has 0 aliphatic heterocycles. The predicted octanol–water partition coefficient (Wildman–Crippen LogP) is 2.79. The summed E-state index contributed by atoms with van der Waals surface area (Å²) in [7, 11) is 0. The van der Waals surface area contributed by atoms with Gasteiger partial charge in [0.2, 0.25) is 5.95 Å². The van der Waals surface area contributed by atoms with Gasteiger partial charge in [0.05, 0.1) is 6.42 Å². The van der Waals surface area contributed by atoms with E-state index in [0.717, 1.165) is 18.3 Å². The monoisotopic (exact) mass is 267 g/mol. The lowest BCUT2D eigenvalue weighted by molar-refractivity contribution is -0.136. The third-order valence-corrected chi connectivity index (χ3v) is 2.52. The Balaban J connectivity index is 2.51. The van der Waals surface area contributed by atoms with Gasteiger partial charge in [-0.3, -0.25) is 4.79 Å². The Morgan fingerprint density at radius 3 is 2.68 bits per heavy atom. The van der Waals surface area contributed by atoms with E-state index in [-0.39, 0.29) is 16.7 Å². The van der Waals surface area contributed by atoms with Gasteiger partial charge in [-0.2, -0.15) is 4.39 Å². The fourth-order valence-corrected chi connectivity index (χ4v) is 1.65. The SMILES string of the molecule is O=C(O)Cc1cc(-c2cccc(F)c2F)cnc1F. The largest absolute Gasteiger partial charge is 0.481 e. The molecule has 6 heteroatoms. The minimum atomic E-state index is -1.24. The summed E-state index contributed by atoms with van der Waals surface area (Å²) in [6.45, 7) is 0. The number of aliphatic carboxylic acids is 1. The van der Waals surface area contributed by atoms with Gasteiger partial charge in [0.1, 0.15) is 0 Å². The maximum Gasteiger partial charge on any atom is 0.307 e. The first kappa shape index (κ1) is 13.1. The standard InChI is InChI=1S/C13H8F3NO2/c14-10-3-1-2-9(12(10)15)8-4-7(5-11(18)19)13(16)17-6-8/h1-4,6H,5H2,(H,18,19). The maximum atomic E-state index is 13.6. The van der Waals surface area contributed by atoms with Gasteiger partial charge in [-0.05, 0) is 12.1 Å². The predicted molar refractivity (Wildman–Crippen MR) is 60.9 cm³/mol. The highest BCUT2D eigenvalue weighted by molar-refractivity contribution is 5.72. The minimum absolute atomic E-state index is 0.0980. The topological polar surface area (TPSA) is 50.2 Å². The van der Waals surface area contributed by atoms with Gasteiger partial charge in [0, 0.05) is 22.9 Å². The van der Waals surface area contributed by atoms with Gasteiger partial charge in [0.15, 0.2) is 11.6 Å². The van der Waals surface area contributed by atoms with Crippen LogP contribution in [0.5, 0.6) is 0 Å². The molecule has 0 aliphatic carbocycles. The zero-order valence-corrected chi connectivity index (χ0v) is 9.53. The van der Waals surface area contributed by atoms with Crippen molar-refractivity contribution in [2.45, 2.75) is 6.42 Å². The van der Waals surface area contributed by atoms with Crippen LogP contribution in [-0.4, -0.2) is 16.1 Å². The van der Waals surface area contributed by atoms with Crippen molar-refractivity contribution in [2.75, 3.05) is 0 Å². The van der Waals surface area contributed by atoms with E-state index in [1.165, 1.54) is 12.1 Å². The number of carboxylic acids is 1. The second-order valence-electron chi connectivity index (χ2n) is 3.85. The Bertz CT molecular complexity index is 644. The van der Waals surface area contributed by atoms with E-state index in [1.54, 1.807) is 0 Å². The van der Waals surface area contributed by atoms with E-state index in [9.17, 15) is 18.0 Å². The fourth-order valence-electron chi connectivity index (χ4n) is 1.65. The van der Waals surface area contributed by atoms with Crippen LogP contribution < -0.4 is 0 Å². The molecule has 0 bridgehead atoms. The van der Waals surface area contributed by atoms with Crippen LogP contribution >= 0.6 is 0 Å². The number of carbonyl (C=O) groups is 1. The van der Waals surface area contributed by atoms with E-state index in [1.807, 2.05) is 0 Å². The van der Waals surface area contributed by atoms with Crippen molar-refractivity contribution < 1.29 is 23.1 Å². The molecule has 0 fully saturated rings. The van der Waals surface area contributed by atoms with Crippen LogP contribution in [0.3, 0.4) is 0 Å². The van der Waals surface area contributed by atoms with E-state index in [4.69, 9.17) is 5.11 Å². The number of pyridine rings is 1. The third kappa shape index (κ3) is 2.73. The van der Waals surface area contributed by atoms with Crippen LogP contribution in [0.2, 0.25) is 0 Å². The molecule has 1 N–H and O–H groups in total. The van der Waals surface area contributed by atoms with Crippen LogP contribution in [0.25, 0.3) is 11.1 Å². The molecule has 0 radical (unpaired) electrons. The number of carboxylic acid groups (broad SMARTS) is 1. The normalized spacial score (nSPS) is 10.5. The molecule has 1 aromatic heterocycles. The summed E-state index contributed by atoms with van der Waals surface area (Å²) in [5.41, 5.74) is -0.164. The van der Waals surface area contributed by atoms with E-state index >= 15 is 0 Å². The van der Waals surface area contributed by atoms with Crippen LogP contribution in [0.1, 0.15) is 5.56 Å². The van der Waals surface area contributed by atoms with E-state index in [2.05, 4.69) is 4.98 Å². The number of rotatable bonds is 3. The molecular weight excluding hydrogens is 259 g/mol. The van der Waals surface area contributed by atoms with Crippen molar-refractivity contribution >= 4 is 5.97 Å². The molecule has 3 nitrogen and oxygen atoms in total. The second-order valence-corrected chi connectivity index (χ2v) is 3.85. The Morgan fingerprint density at radius 1 is 1.26 bits per heavy atom. The van der Waals surface area contributed by atoms with Crippen LogP contribution in [0.4, 0.5) is 13.2 Å². The summed E-state index contributed by atoms with van der Waals surface area (Å²) in [6, 6.07) is 4.70. The molecule has 0 spiro atoms. The summed E-state index contributed by atoms with van der Waals surface area (Å²) >= 11 is 0. The van der Waals surface area contributed by atoms with Gasteiger partial charge in [-0.15, -0.1) is 0 Å². The lowest BCUT2D eigenvalue weighted by Crippen LogP contribution is -2.04. The molecule has 0 saturated heterocycles. The molecule has 0 unspecified atom stereocenters. The molecule has 0 atom stereocenters. The average Bonchev–Trinajstić information content (AvgIpc) is 2.35. The highest BCUT2D eigenvalue weighted by atomic mass is 19.2. The minimum Gasteiger partial charge on any atom is -0.481 e. The number of hydrogen-bond donors (Lipinski definition) is 1. The number of halogens is 3. The van der Waals surface area contributed by atoms with Crippen LogP contribution in [0.15, 0.2) is 30.5 Å². The van der Waals surface area contributed by atoms with Crippen molar-refractivity contribution in [3.05, 3.63) is 53.6 Å². The lowest BCUT2D eigenvalue weighted by Gasteiger charge is -2.06. The van der Waals surface area contributed by atoms with E-state index < -0.39 is 30.0 Å². The first-order valence-electron chi connectivity index (χ1n) is 5.29. The molecule has 1 aromatic carbocycles. The second kappa shape index (κ2) is 5.09. The Hall–Kier alpha value is -2.37. The highest BCUT2D eigenvalue weighted by Crippen LogP contribution is 2.25. The number of benzene rings is 1. The summed E-state index contributed by atoms with van der Waals surface area (Å²) in [5, 5.41) is 8.62. The van der Waals surface area contributed by atoms with Gasteiger partial charge in [-0.25, -0.2) is 13.8 Å². The first-order chi connectivity index (χ1) is 8.99. The zero-order chi connectivity index (χ0) is 14.0. The number of hydrogen-bond acceptors (Lipinski definition) is 2. The van der Waals surface area contributed by atoms with Crippen LogP contribution in [-0.2, 0) is 11.2 Å². The average molecular weight is 267 g/mol. The molecule has 0 aliphatic rings. The van der Waals surface area contributed by atoms with Crippen molar-refractivity contribution in [1.82, 2.24) is 4.98 Å². The smallest absolute Gasteiger partial charge is 0.307 e. The molecule has 0 saturated carbocycles. The Kier molecular flexibility index (Phi) is 3.50. The van der Waals surface area contributed by atoms with Crippen LogP contribution in [0, 0.1) is 17.6 Å². The van der Waals surface area contributed by atoms with Crippen molar-refractivity contribution in [1.29, 1.82) is 0 Å². The molecule has 2 aromatic rings. The Labute approximate surface area is 106 Å². The summed E-state index contributed by atoms with van der Waals surface area (Å²) < 4.78 is 39.9.